The Bertz CT molecular complexity index is 298. The van der Waals surface area contributed by atoms with Gasteiger partial charge in [-0.15, -0.1) is 0 Å². The molecule has 0 heterocycles. The van der Waals surface area contributed by atoms with Gasteiger partial charge in [-0.3, -0.25) is 4.79 Å². The van der Waals surface area contributed by atoms with E-state index in [0.717, 1.165) is 24.8 Å². The van der Waals surface area contributed by atoms with Crippen LogP contribution in [0, 0.1) is 0 Å². The molecule has 1 rings (SSSR count). The molecule has 3 heteroatoms. The van der Waals surface area contributed by atoms with Crippen molar-refractivity contribution in [1.82, 2.24) is 0 Å². The number of esters is 1. The maximum atomic E-state index is 11.3. The molecule has 16 heavy (non-hydrogen) atoms. The molecule has 1 aromatic carbocycles. The zero-order valence-corrected chi connectivity index (χ0v) is 9.52. The average Bonchev–Trinajstić information content (AvgIpc) is 2.33. The average molecular weight is 216 g/mol. The van der Waals surface area contributed by atoms with Gasteiger partial charge < -0.3 is 4.74 Å². The van der Waals surface area contributed by atoms with E-state index in [9.17, 15) is 4.79 Å². The first-order valence-corrected chi connectivity index (χ1v) is 5.72. The molecular weight excluding hydrogens is 199 g/mol. The fraction of sp³-hybridized carbons (Fsp3) is 0.462. The minimum atomic E-state index is -0.124. The second kappa shape index (κ2) is 7.97. The summed E-state index contributed by atoms with van der Waals surface area (Å²) in [4.78, 5) is 11.3. The van der Waals surface area contributed by atoms with Gasteiger partial charge in [0.05, 0.1) is 7.85 Å². The molecule has 0 fully saturated rings. The monoisotopic (exact) mass is 216 g/mol. The van der Waals surface area contributed by atoms with Crippen LogP contribution in [0.2, 0.25) is 6.32 Å². The third-order valence-corrected chi connectivity index (χ3v) is 2.33. The van der Waals surface area contributed by atoms with Gasteiger partial charge >= 0.3 is 5.97 Å². The Morgan fingerprint density at radius 1 is 1.12 bits per heavy atom. The number of benzene rings is 1. The molecule has 0 unspecified atom stereocenters. The van der Waals surface area contributed by atoms with E-state index >= 15 is 0 Å². The first-order valence-electron chi connectivity index (χ1n) is 5.72. The summed E-state index contributed by atoms with van der Waals surface area (Å²) >= 11 is 0. The molecule has 84 valence electrons. The molecule has 2 radical (unpaired) electrons. The maximum Gasteiger partial charge on any atom is 0.306 e. The number of carbonyl (C=O) groups excluding carboxylic acids is 1. The van der Waals surface area contributed by atoms with Gasteiger partial charge in [-0.05, 0) is 12.0 Å². The van der Waals surface area contributed by atoms with Crippen LogP contribution in [0.25, 0.3) is 0 Å². The predicted molar refractivity (Wildman–Crippen MR) is 65.3 cm³/mol. The Morgan fingerprint density at radius 3 is 2.56 bits per heavy atom. The minimum Gasteiger partial charge on any atom is -0.461 e. The molecule has 0 saturated carbocycles. The standard InChI is InChI=1S/C13H17BO2/c14-10-6-2-5-9-13(15)16-11-12-7-3-1-4-8-12/h1,3-4,7-8H,2,5-6,9-11H2. The van der Waals surface area contributed by atoms with Crippen LogP contribution in [-0.2, 0) is 16.1 Å². The molecule has 2 nitrogen and oxygen atoms in total. The van der Waals surface area contributed by atoms with Gasteiger partial charge in [0, 0.05) is 6.42 Å². The molecule has 0 aliphatic rings. The van der Waals surface area contributed by atoms with Crippen molar-refractivity contribution in [2.45, 2.75) is 38.6 Å². The Kier molecular flexibility index (Phi) is 6.39. The van der Waals surface area contributed by atoms with E-state index in [1.807, 2.05) is 30.3 Å². The number of hydrogen-bond donors (Lipinski definition) is 0. The molecule has 0 aliphatic heterocycles. The van der Waals surface area contributed by atoms with E-state index in [0.29, 0.717) is 19.3 Å². The van der Waals surface area contributed by atoms with Gasteiger partial charge in [0.2, 0.25) is 0 Å². The van der Waals surface area contributed by atoms with Gasteiger partial charge in [0.1, 0.15) is 6.61 Å². The van der Waals surface area contributed by atoms with Gasteiger partial charge in [-0.1, -0.05) is 49.5 Å². The Balaban J connectivity index is 2.11. The number of hydrogen-bond acceptors (Lipinski definition) is 2. The fourth-order valence-electron chi connectivity index (χ4n) is 1.40. The molecular formula is C13H17BO2. The lowest BCUT2D eigenvalue weighted by Gasteiger charge is -2.04. The summed E-state index contributed by atoms with van der Waals surface area (Å²) in [6, 6.07) is 9.70. The summed E-state index contributed by atoms with van der Waals surface area (Å²) in [7, 11) is 5.36. The zero-order chi connectivity index (χ0) is 11.6. The molecule has 0 N–H and O–H groups in total. The van der Waals surface area contributed by atoms with Crippen LogP contribution in [0.1, 0.15) is 31.2 Å². The summed E-state index contributed by atoms with van der Waals surface area (Å²) in [6.07, 6.45) is 4.03. The summed E-state index contributed by atoms with van der Waals surface area (Å²) in [5, 5.41) is 0. The molecule has 0 atom stereocenters. The highest BCUT2D eigenvalue weighted by Crippen LogP contribution is 2.05. The first kappa shape index (κ1) is 12.8. The summed E-state index contributed by atoms with van der Waals surface area (Å²) < 4.78 is 5.14. The van der Waals surface area contributed by atoms with Crippen molar-refractivity contribution in [2.24, 2.45) is 0 Å². The molecule has 0 saturated heterocycles. The predicted octanol–water partition coefficient (Wildman–Crippen LogP) is 2.88. The van der Waals surface area contributed by atoms with Crippen LogP contribution >= 0.6 is 0 Å². The fourth-order valence-corrected chi connectivity index (χ4v) is 1.40. The van der Waals surface area contributed by atoms with Crippen LogP contribution < -0.4 is 0 Å². The molecule has 0 aliphatic carbocycles. The molecule has 1 aromatic rings. The van der Waals surface area contributed by atoms with Crippen molar-refractivity contribution in [1.29, 1.82) is 0 Å². The first-order chi connectivity index (χ1) is 7.83. The van der Waals surface area contributed by atoms with E-state index in [4.69, 9.17) is 12.6 Å². The SMILES string of the molecule is [B]CCCCCC(=O)OCc1ccccc1. The lowest BCUT2D eigenvalue weighted by Crippen LogP contribution is -2.04. The molecule has 0 bridgehead atoms. The zero-order valence-electron chi connectivity index (χ0n) is 9.52. The topological polar surface area (TPSA) is 26.3 Å². The van der Waals surface area contributed by atoms with Crippen molar-refractivity contribution in [3.8, 4) is 0 Å². The molecule has 0 amide bonds. The molecule has 0 aromatic heterocycles. The van der Waals surface area contributed by atoms with E-state index in [-0.39, 0.29) is 5.97 Å². The Hall–Kier alpha value is -1.25. The van der Waals surface area contributed by atoms with Crippen LogP contribution in [0.15, 0.2) is 30.3 Å². The highest BCUT2D eigenvalue weighted by atomic mass is 16.5. The van der Waals surface area contributed by atoms with Crippen molar-refractivity contribution in [3.63, 3.8) is 0 Å². The van der Waals surface area contributed by atoms with Crippen molar-refractivity contribution in [3.05, 3.63) is 35.9 Å². The maximum absolute atomic E-state index is 11.3. The summed E-state index contributed by atoms with van der Waals surface area (Å²) in [5.41, 5.74) is 1.03. The van der Waals surface area contributed by atoms with E-state index in [2.05, 4.69) is 0 Å². The number of carbonyl (C=O) groups is 1. The number of rotatable bonds is 7. The smallest absolute Gasteiger partial charge is 0.306 e. The van der Waals surface area contributed by atoms with E-state index in [1.54, 1.807) is 0 Å². The third-order valence-electron chi connectivity index (χ3n) is 2.33. The molecule has 0 spiro atoms. The minimum absolute atomic E-state index is 0.124. The van der Waals surface area contributed by atoms with Crippen LogP contribution in [-0.4, -0.2) is 13.8 Å². The quantitative estimate of drug-likeness (QED) is 0.398. The largest absolute Gasteiger partial charge is 0.461 e. The normalized spacial score (nSPS) is 10.0. The van der Waals surface area contributed by atoms with Gasteiger partial charge in [0.25, 0.3) is 0 Å². The summed E-state index contributed by atoms with van der Waals surface area (Å²) in [6.45, 7) is 0.372. The van der Waals surface area contributed by atoms with Gasteiger partial charge in [-0.25, -0.2) is 0 Å². The van der Waals surface area contributed by atoms with Crippen LogP contribution in [0.4, 0.5) is 0 Å². The number of unbranched alkanes of at least 4 members (excludes halogenated alkanes) is 2. The second-order valence-electron chi connectivity index (χ2n) is 3.75. The second-order valence-corrected chi connectivity index (χ2v) is 3.75. The van der Waals surface area contributed by atoms with Gasteiger partial charge in [-0.2, -0.15) is 0 Å². The van der Waals surface area contributed by atoms with Crippen molar-refractivity contribution < 1.29 is 9.53 Å². The lowest BCUT2D eigenvalue weighted by atomic mass is 9.99. The lowest BCUT2D eigenvalue weighted by molar-refractivity contribution is -0.145. The number of ether oxygens (including phenoxy) is 1. The van der Waals surface area contributed by atoms with Crippen LogP contribution in [0.5, 0.6) is 0 Å². The van der Waals surface area contributed by atoms with E-state index in [1.165, 1.54) is 0 Å². The summed E-state index contributed by atoms with van der Waals surface area (Å²) in [5.74, 6) is -0.124. The highest BCUT2D eigenvalue weighted by molar-refractivity contribution is 6.08. The van der Waals surface area contributed by atoms with Crippen molar-refractivity contribution in [2.75, 3.05) is 0 Å². The highest BCUT2D eigenvalue weighted by Gasteiger charge is 2.02. The van der Waals surface area contributed by atoms with Crippen LogP contribution in [0.3, 0.4) is 0 Å². The Morgan fingerprint density at radius 2 is 1.88 bits per heavy atom. The van der Waals surface area contributed by atoms with Crippen molar-refractivity contribution >= 4 is 13.8 Å². The van der Waals surface area contributed by atoms with E-state index < -0.39 is 0 Å². The third kappa shape index (κ3) is 5.59. The Labute approximate surface area is 98.4 Å². The van der Waals surface area contributed by atoms with Gasteiger partial charge in [0.15, 0.2) is 0 Å².